The van der Waals surface area contributed by atoms with E-state index in [0.717, 1.165) is 43.6 Å². The fraction of sp³-hybridized carbons (Fsp3) is 0.533. The minimum atomic E-state index is 0.183. The first-order chi connectivity index (χ1) is 8.72. The minimum Gasteiger partial charge on any atom is -0.339 e. The number of hydrogen-bond acceptors (Lipinski definition) is 2. The molecule has 0 atom stereocenters. The first-order valence-electron chi connectivity index (χ1n) is 6.80. The van der Waals surface area contributed by atoms with Gasteiger partial charge in [0, 0.05) is 24.7 Å². The molecule has 0 aliphatic carbocycles. The van der Waals surface area contributed by atoms with Gasteiger partial charge in [0.15, 0.2) is 0 Å². The molecule has 1 saturated heterocycles. The van der Waals surface area contributed by atoms with Gasteiger partial charge in [-0.05, 0) is 37.9 Å². The summed E-state index contributed by atoms with van der Waals surface area (Å²) in [7, 11) is 0. The van der Waals surface area contributed by atoms with E-state index in [-0.39, 0.29) is 5.91 Å². The molecular weight excluding hydrogens is 224 g/mol. The van der Waals surface area contributed by atoms with Crippen molar-refractivity contribution in [1.29, 1.82) is 0 Å². The molecule has 3 heteroatoms. The molecule has 1 fully saturated rings. The van der Waals surface area contributed by atoms with Gasteiger partial charge in [-0.15, -0.1) is 0 Å². The second-order valence-corrected chi connectivity index (χ2v) is 4.94. The van der Waals surface area contributed by atoms with E-state index in [1.54, 1.807) is 0 Å². The third kappa shape index (κ3) is 2.91. The molecule has 0 unspecified atom stereocenters. The zero-order valence-electron chi connectivity index (χ0n) is 11.3. The Morgan fingerprint density at radius 2 is 2.00 bits per heavy atom. The van der Waals surface area contributed by atoms with Gasteiger partial charge in [-0.25, -0.2) is 0 Å². The molecule has 0 radical (unpaired) electrons. The first kappa shape index (κ1) is 13.1. The first-order valence-corrected chi connectivity index (χ1v) is 6.80. The highest BCUT2D eigenvalue weighted by Crippen LogP contribution is 2.16. The quantitative estimate of drug-likeness (QED) is 0.887. The molecule has 1 aromatic carbocycles. The average Bonchev–Trinajstić information content (AvgIpc) is 2.40. The maximum atomic E-state index is 12.4. The van der Waals surface area contributed by atoms with Gasteiger partial charge < -0.3 is 10.2 Å². The van der Waals surface area contributed by atoms with Crippen LogP contribution in [0.5, 0.6) is 0 Å². The van der Waals surface area contributed by atoms with Crippen LogP contribution < -0.4 is 5.32 Å². The molecule has 18 heavy (non-hydrogen) atoms. The SMILES string of the molecule is CCNC1CCN(C(=O)c2ccccc2C)CC1. The smallest absolute Gasteiger partial charge is 0.254 e. The predicted molar refractivity (Wildman–Crippen MR) is 73.8 cm³/mol. The van der Waals surface area contributed by atoms with Crippen molar-refractivity contribution >= 4 is 5.91 Å². The number of likely N-dealkylation sites (tertiary alicyclic amines) is 1. The number of carbonyl (C=O) groups is 1. The van der Waals surface area contributed by atoms with Crippen LogP contribution in [0.25, 0.3) is 0 Å². The number of aryl methyl sites for hydroxylation is 1. The van der Waals surface area contributed by atoms with E-state index in [1.165, 1.54) is 0 Å². The third-order valence-corrected chi connectivity index (χ3v) is 3.65. The number of benzene rings is 1. The molecule has 1 aromatic rings. The van der Waals surface area contributed by atoms with Gasteiger partial charge in [0.2, 0.25) is 0 Å². The van der Waals surface area contributed by atoms with Crippen molar-refractivity contribution in [2.75, 3.05) is 19.6 Å². The van der Waals surface area contributed by atoms with Crippen LogP contribution in [-0.4, -0.2) is 36.5 Å². The van der Waals surface area contributed by atoms with Crippen molar-refractivity contribution in [2.24, 2.45) is 0 Å². The number of rotatable bonds is 3. The van der Waals surface area contributed by atoms with Crippen LogP contribution in [-0.2, 0) is 0 Å². The molecule has 1 aliphatic rings. The molecule has 0 bridgehead atoms. The van der Waals surface area contributed by atoms with Crippen LogP contribution in [0.15, 0.2) is 24.3 Å². The molecule has 0 saturated carbocycles. The van der Waals surface area contributed by atoms with E-state index in [9.17, 15) is 4.79 Å². The zero-order valence-corrected chi connectivity index (χ0v) is 11.3. The Labute approximate surface area is 109 Å². The molecule has 1 N–H and O–H groups in total. The number of hydrogen-bond donors (Lipinski definition) is 1. The highest BCUT2D eigenvalue weighted by atomic mass is 16.2. The summed E-state index contributed by atoms with van der Waals surface area (Å²) >= 11 is 0. The van der Waals surface area contributed by atoms with Gasteiger partial charge in [0.1, 0.15) is 0 Å². The van der Waals surface area contributed by atoms with Crippen LogP contribution in [0.2, 0.25) is 0 Å². The summed E-state index contributed by atoms with van der Waals surface area (Å²) in [6.45, 7) is 6.87. The lowest BCUT2D eigenvalue weighted by Crippen LogP contribution is -2.45. The van der Waals surface area contributed by atoms with Gasteiger partial charge in [0.25, 0.3) is 5.91 Å². The number of amides is 1. The highest BCUT2D eigenvalue weighted by Gasteiger charge is 2.23. The number of carbonyl (C=O) groups excluding carboxylic acids is 1. The fourth-order valence-electron chi connectivity index (χ4n) is 2.56. The van der Waals surface area contributed by atoms with Gasteiger partial charge in [-0.1, -0.05) is 25.1 Å². The molecule has 1 amide bonds. The Hall–Kier alpha value is -1.35. The summed E-state index contributed by atoms with van der Waals surface area (Å²) in [5, 5.41) is 3.46. The highest BCUT2D eigenvalue weighted by molar-refractivity contribution is 5.95. The second kappa shape index (κ2) is 6.01. The minimum absolute atomic E-state index is 0.183. The number of piperidine rings is 1. The van der Waals surface area contributed by atoms with E-state index in [1.807, 2.05) is 36.1 Å². The summed E-state index contributed by atoms with van der Waals surface area (Å²) in [5.74, 6) is 0.183. The fourth-order valence-corrected chi connectivity index (χ4v) is 2.56. The Balaban J connectivity index is 1.98. The van der Waals surface area contributed by atoms with Crippen molar-refractivity contribution < 1.29 is 4.79 Å². The topological polar surface area (TPSA) is 32.3 Å². The van der Waals surface area contributed by atoms with Crippen molar-refractivity contribution in [2.45, 2.75) is 32.7 Å². The van der Waals surface area contributed by atoms with E-state index in [4.69, 9.17) is 0 Å². The Kier molecular flexibility index (Phi) is 4.37. The Bertz CT molecular complexity index is 409. The second-order valence-electron chi connectivity index (χ2n) is 4.94. The van der Waals surface area contributed by atoms with Gasteiger partial charge in [-0.3, -0.25) is 4.79 Å². The Morgan fingerprint density at radius 1 is 1.33 bits per heavy atom. The largest absolute Gasteiger partial charge is 0.339 e. The molecule has 0 spiro atoms. The van der Waals surface area contributed by atoms with Gasteiger partial charge in [-0.2, -0.15) is 0 Å². The zero-order chi connectivity index (χ0) is 13.0. The number of nitrogens with one attached hydrogen (secondary N) is 1. The van der Waals surface area contributed by atoms with E-state index < -0.39 is 0 Å². The normalized spacial score (nSPS) is 16.9. The van der Waals surface area contributed by atoms with E-state index >= 15 is 0 Å². The Morgan fingerprint density at radius 3 is 2.61 bits per heavy atom. The summed E-state index contributed by atoms with van der Waals surface area (Å²) < 4.78 is 0. The van der Waals surface area contributed by atoms with Crippen LogP contribution in [0.3, 0.4) is 0 Å². The van der Waals surface area contributed by atoms with Gasteiger partial charge in [0.05, 0.1) is 0 Å². The van der Waals surface area contributed by atoms with E-state index in [0.29, 0.717) is 6.04 Å². The van der Waals surface area contributed by atoms with Crippen LogP contribution in [0.1, 0.15) is 35.7 Å². The number of nitrogens with zero attached hydrogens (tertiary/aromatic N) is 1. The molecular formula is C15H22N2O. The van der Waals surface area contributed by atoms with Gasteiger partial charge >= 0.3 is 0 Å². The molecule has 3 nitrogen and oxygen atoms in total. The molecule has 98 valence electrons. The maximum Gasteiger partial charge on any atom is 0.254 e. The standard InChI is InChI=1S/C15H22N2O/c1-3-16-13-8-10-17(11-9-13)15(18)14-7-5-4-6-12(14)2/h4-7,13,16H,3,8-11H2,1-2H3. The summed E-state index contributed by atoms with van der Waals surface area (Å²) in [5.41, 5.74) is 1.91. The lowest BCUT2D eigenvalue weighted by molar-refractivity contribution is 0.0705. The average molecular weight is 246 g/mol. The lowest BCUT2D eigenvalue weighted by atomic mass is 10.0. The maximum absolute atomic E-state index is 12.4. The van der Waals surface area contributed by atoms with Crippen molar-refractivity contribution in [3.63, 3.8) is 0 Å². The molecule has 2 rings (SSSR count). The van der Waals surface area contributed by atoms with Crippen LogP contribution in [0, 0.1) is 6.92 Å². The summed E-state index contributed by atoms with van der Waals surface area (Å²) in [6.07, 6.45) is 2.12. The van der Waals surface area contributed by atoms with Crippen molar-refractivity contribution in [3.8, 4) is 0 Å². The molecule has 0 aromatic heterocycles. The van der Waals surface area contributed by atoms with Crippen molar-refractivity contribution in [3.05, 3.63) is 35.4 Å². The van der Waals surface area contributed by atoms with Crippen LogP contribution in [0.4, 0.5) is 0 Å². The predicted octanol–water partition coefficient (Wildman–Crippen LogP) is 2.21. The summed E-state index contributed by atoms with van der Waals surface area (Å²) in [6, 6.07) is 8.41. The molecule has 1 aliphatic heterocycles. The summed E-state index contributed by atoms with van der Waals surface area (Å²) in [4.78, 5) is 14.4. The lowest BCUT2D eigenvalue weighted by Gasteiger charge is -2.32. The van der Waals surface area contributed by atoms with Crippen LogP contribution >= 0.6 is 0 Å². The third-order valence-electron chi connectivity index (χ3n) is 3.65. The van der Waals surface area contributed by atoms with Crippen molar-refractivity contribution in [1.82, 2.24) is 10.2 Å². The molecule has 1 heterocycles. The monoisotopic (exact) mass is 246 g/mol. The van der Waals surface area contributed by atoms with E-state index in [2.05, 4.69) is 12.2 Å².